The third kappa shape index (κ3) is 3.07. The Bertz CT molecular complexity index is 1190. The molecule has 0 fully saturated rings. The Hall–Kier alpha value is -3.48. The highest BCUT2D eigenvalue weighted by Crippen LogP contribution is 2.45. The summed E-state index contributed by atoms with van der Waals surface area (Å²) in [6.07, 6.45) is 9.14. The number of aromatic nitrogens is 4. The van der Waals surface area contributed by atoms with Crippen molar-refractivity contribution in [3.63, 3.8) is 0 Å². The fraction of sp³-hybridized carbons (Fsp3) is 0.304. The monoisotopic (exact) mass is 403 g/mol. The van der Waals surface area contributed by atoms with Crippen LogP contribution in [0.3, 0.4) is 0 Å². The quantitative estimate of drug-likeness (QED) is 0.583. The largest absolute Gasteiger partial charge is 0.392 e. The Morgan fingerprint density at radius 1 is 1.30 bits per heavy atom. The SMILES string of the molecule is C=C/C(=C\NC)Nc1ncc2c(-c3cnc4c(c3)C(C)(C(C)C)C(C)=N4)ccn2n1.[HH]. The first-order valence-corrected chi connectivity index (χ1v) is 10.1. The lowest BCUT2D eigenvalue weighted by Crippen LogP contribution is -2.33. The molecule has 4 heterocycles. The first-order chi connectivity index (χ1) is 14.4. The van der Waals surface area contributed by atoms with Crippen molar-refractivity contribution in [2.45, 2.75) is 33.1 Å². The van der Waals surface area contributed by atoms with E-state index >= 15 is 0 Å². The zero-order chi connectivity index (χ0) is 21.5. The summed E-state index contributed by atoms with van der Waals surface area (Å²) in [5.41, 5.74) is 5.98. The number of anilines is 1. The van der Waals surface area contributed by atoms with Gasteiger partial charge in [-0.05, 0) is 38.0 Å². The van der Waals surface area contributed by atoms with Crippen LogP contribution in [-0.2, 0) is 5.41 Å². The highest BCUT2D eigenvalue weighted by Gasteiger charge is 2.40. The maximum atomic E-state index is 4.72. The van der Waals surface area contributed by atoms with Crippen LogP contribution in [0.4, 0.5) is 11.8 Å². The molecule has 3 aromatic rings. The molecule has 0 aliphatic carbocycles. The van der Waals surface area contributed by atoms with Crippen molar-refractivity contribution in [1.29, 1.82) is 0 Å². The highest BCUT2D eigenvalue weighted by atomic mass is 15.3. The molecule has 7 nitrogen and oxygen atoms in total. The average molecular weight is 404 g/mol. The summed E-state index contributed by atoms with van der Waals surface area (Å²) >= 11 is 0. The van der Waals surface area contributed by atoms with E-state index in [1.165, 1.54) is 5.56 Å². The second kappa shape index (κ2) is 7.40. The molecule has 2 N–H and O–H groups in total. The van der Waals surface area contributed by atoms with Gasteiger partial charge in [-0.2, -0.15) is 0 Å². The maximum Gasteiger partial charge on any atom is 0.245 e. The van der Waals surface area contributed by atoms with Gasteiger partial charge in [-0.3, -0.25) is 0 Å². The molecule has 3 aromatic heterocycles. The van der Waals surface area contributed by atoms with Crippen molar-refractivity contribution in [3.8, 4) is 11.1 Å². The van der Waals surface area contributed by atoms with E-state index in [9.17, 15) is 0 Å². The summed E-state index contributed by atoms with van der Waals surface area (Å²) in [6, 6.07) is 4.26. The van der Waals surface area contributed by atoms with Crippen LogP contribution in [0.5, 0.6) is 0 Å². The van der Waals surface area contributed by atoms with Gasteiger partial charge in [0.2, 0.25) is 5.95 Å². The number of rotatable bonds is 6. The molecule has 1 unspecified atom stereocenters. The van der Waals surface area contributed by atoms with Gasteiger partial charge in [0.1, 0.15) is 0 Å². The number of allylic oxidation sites excluding steroid dienone is 1. The van der Waals surface area contributed by atoms with E-state index in [4.69, 9.17) is 4.99 Å². The minimum Gasteiger partial charge on any atom is -0.392 e. The second-order valence-electron chi connectivity index (χ2n) is 8.01. The van der Waals surface area contributed by atoms with E-state index < -0.39 is 0 Å². The number of hydrogen-bond donors (Lipinski definition) is 2. The summed E-state index contributed by atoms with van der Waals surface area (Å²) < 4.78 is 1.82. The first-order valence-electron chi connectivity index (χ1n) is 10.1. The molecular formula is C23H29N7. The minimum absolute atomic E-state index is 0. The molecule has 4 rings (SSSR count). The smallest absolute Gasteiger partial charge is 0.245 e. The van der Waals surface area contributed by atoms with E-state index in [0.717, 1.165) is 33.9 Å². The lowest BCUT2D eigenvalue weighted by atomic mass is 9.71. The molecular weight excluding hydrogens is 374 g/mol. The summed E-state index contributed by atoms with van der Waals surface area (Å²) in [4.78, 5) is 13.9. The van der Waals surface area contributed by atoms with Crippen LogP contribution in [0.25, 0.3) is 16.6 Å². The number of nitrogens with zero attached hydrogens (tertiary/aromatic N) is 5. The Kier molecular flexibility index (Phi) is 4.89. The molecule has 0 saturated carbocycles. The fourth-order valence-electron chi connectivity index (χ4n) is 3.91. The van der Waals surface area contributed by atoms with Crippen molar-refractivity contribution in [2.75, 3.05) is 12.4 Å². The minimum atomic E-state index is -0.109. The van der Waals surface area contributed by atoms with Gasteiger partial charge in [0.15, 0.2) is 5.82 Å². The van der Waals surface area contributed by atoms with Gasteiger partial charge in [0.25, 0.3) is 0 Å². The van der Waals surface area contributed by atoms with Crippen LogP contribution < -0.4 is 10.6 Å². The lowest BCUT2D eigenvalue weighted by Gasteiger charge is -2.30. The van der Waals surface area contributed by atoms with Gasteiger partial charge >= 0.3 is 0 Å². The molecule has 0 aromatic carbocycles. The highest BCUT2D eigenvalue weighted by molar-refractivity contribution is 6.00. The van der Waals surface area contributed by atoms with Crippen LogP contribution in [0, 0.1) is 5.92 Å². The molecule has 1 aliphatic heterocycles. The lowest BCUT2D eigenvalue weighted by molar-refractivity contribution is 0.456. The average Bonchev–Trinajstić information content (AvgIpc) is 3.26. The van der Waals surface area contributed by atoms with Crippen LogP contribution in [0.15, 0.2) is 60.3 Å². The van der Waals surface area contributed by atoms with Crippen LogP contribution in [0.1, 0.15) is 34.7 Å². The van der Waals surface area contributed by atoms with Gasteiger partial charge in [0, 0.05) is 54.9 Å². The normalized spacial score (nSPS) is 18.5. The molecule has 7 heteroatoms. The predicted octanol–water partition coefficient (Wildman–Crippen LogP) is 4.72. The number of nitrogens with one attached hydrogen (secondary N) is 2. The molecule has 1 aliphatic rings. The van der Waals surface area contributed by atoms with Gasteiger partial charge in [-0.25, -0.2) is 19.5 Å². The van der Waals surface area contributed by atoms with Crippen LogP contribution in [-0.4, -0.2) is 32.3 Å². The van der Waals surface area contributed by atoms with Gasteiger partial charge in [0.05, 0.1) is 17.4 Å². The summed E-state index contributed by atoms with van der Waals surface area (Å²) in [5, 5.41) is 10.7. The first kappa shape index (κ1) is 19.8. The van der Waals surface area contributed by atoms with Crippen molar-refractivity contribution >= 4 is 23.0 Å². The molecule has 30 heavy (non-hydrogen) atoms. The second-order valence-corrected chi connectivity index (χ2v) is 8.01. The maximum absolute atomic E-state index is 4.72. The zero-order valence-corrected chi connectivity index (χ0v) is 18.1. The number of pyridine rings is 1. The summed E-state index contributed by atoms with van der Waals surface area (Å²) in [5.74, 6) is 1.74. The molecule has 0 spiro atoms. The van der Waals surface area contributed by atoms with Crippen molar-refractivity contribution in [1.82, 2.24) is 24.9 Å². The van der Waals surface area contributed by atoms with Crippen molar-refractivity contribution in [3.05, 3.63) is 60.8 Å². The molecule has 0 amide bonds. The number of hydrogen-bond acceptors (Lipinski definition) is 6. The zero-order valence-electron chi connectivity index (χ0n) is 18.1. The van der Waals surface area contributed by atoms with E-state index in [2.05, 4.69) is 66.0 Å². The molecule has 0 saturated heterocycles. The Balaban J connectivity index is 0.00000272. The van der Waals surface area contributed by atoms with Crippen molar-refractivity contribution < 1.29 is 1.43 Å². The Morgan fingerprint density at radius 3 is 2.80 bits per heavy atom. The molecule has 0 bridgehead atoms. The topological polar surface area (TPSA) is 79.5 Å². The predicted molar refractivity (Wildman–Crippen MR) is 124 cm³/mol. The number of aliphatic imine (C=N–C) groups is 1. The Labute approximate surface area is 178 Å². The fourth-order valence-corrected chi connectivity index (χ4v) is 3.91. The molecule has 1 atom stereocenters. The third-order valence-corrected chi connectivity index (χ3v) is 6.11. The van der Waals surface area contributed by atoms with E-state index in [-0.39, 0.29) is 6.84 Å². The van der Waals surface area contributed by atoms with E-state index in [1.54, 1.807) is 12.3 Å². The number of fused-ring (bicyclic) bond motifs is 2. The van der Waals surface area contributed by atoms with Crippen LogP contribution >= 0.6 is 0 Å². The van der Waals surface area contributed by atoms with Gasteiger partial charge in [-0.1, -0.05) is 20.4 Å². The molecule has 0 radical (unpaired) electrons. The van der Waals surface area contributed by atoms with Gasteiger partial charge < -0.3 is 10.6 Å². The standard InChI is InChI=1S/C23H27N7.H2/c1-7-17(12-24-6)28-22-26-13-20-18(8-9-30(20)29-22)16-10-19-21(25-11-16)27-15(4)23(19,5)14(2)3;/h7-14,24H,1H2,2-6H3,(H,28,29);1H/b17-12+;. The van der Waals surface area contributed by atoms with Crippen LogP contribution in [0.2, 0.25) is 0 Å². The van der Waals surface area contributed by atoms with Gasteiger partial charge in [-0.15, -0.1) is 5.10 Å². The van der Waals surface area contributed by atoms with E-state index in [1.807, 2.05) is 36.2 Å². The third-order valence-electron chi connectivity index (χ3n) is 6.11. The Morgan fingerprint density at radius 2 is 2.10 bits per heavy atom. The van der Waals surface area contributed by atoms with Crippen molar-refractivity contribution in [2.24, 2.45) is 10.9 Å². The molecule has 156 valence electrons. The summed E-state index contributed by atoms with van der Waals surface area (Å²) in [6.45, 7) is 12.6. The summed E-state index contributed by atoms with van der Waals surface area (Å²) in [7, 11) is 1.83. The van der Waals surface area contributed by atoms with E-state index in [0.29, 0.717) is 11.9 Å².